The second kappa shape index (κ2) is 9.55. The first-order valence-corrected chi connectivity index (χ1v) is 9.25. The van der Waals surface area contributed by atoms with Crippen molar-refractivity contribution in [2.24, 2.45) is 0 Å². The fourth-order valence-electron chi connectivity index (χ4n) is 2.96. The van der Waals surface area contributed by atoms with Gasteiger partial charge in [-0.1, -0.05) is 54.6 Å². The van der Waals surface area contributed by atoms with Crippen LogP contribution >= 0.6 is 0 Å². The molecule has 0 atom stereocenters. The van der Waals surface area contributed by atoms with Gasteiger partial charge in [-0.15, -0.1) is 0 Å². The van der Waals surface area contributed by atoms with Gasteiger partial charge in [-0.05, 0) is 35.4 Å². The largest absolute Gasteiger partial charge is 0.497 e. The number of rotatable bonds is 8. The molecule has 0 heterocycles. The molecule has 0 aromatic heterocycles. The van der Waals surface area contributed by atoms with E-state index < -0.39 is 11.7 Å². The zero-order chi connectivity index (χ0) is 20.6. The highest BCUT2D eigenvalue weighted by atomic mass is 16.5. The van der Waals surface area contributed by atoms with Gasteiger partial charge in [0.1, 0.15) is 11.5 Å². The molecule has 29 heavy (non-hydrogen) atoms. The average molecular weight is 389 g/mol. The monoisotopic (exact) mass is 389 g/mol. The van der Waals surface area contributed by atoms with Crippen LogP contribution in [0, 0.1) is 0 Å². The predicted octanol–water partition coefficient (Wildman–Crippen LogP) is 4.12. The molecule has 0 bridgehead atoms. The molecule has 0 aliphatic heterocycles. The first kappa shape index (κ1) is 20.1. The number of hydrogen-bond acceptors (Lipinski definition) is 4. The summed E-state index contributed by atoms with van der Waals surface area (Å²) in [4.78, 5) is 27.3. The summed E-state index contributed by atoms with van der Waals surface area (Å²) in [6.07, 6.45) is 0. The fraction of sp³-hybridized carbons (Fsp3) is 0.167. The normalized spacial score (nSPS) is 10.3. The summed E-state index contributed by atoms with van der Waals surface area (Å²) in [6.45, 7) is 0.626. The highest BCUT2D eigenvalue weighted by Crippen LogP contribution is 2.18. The van der Waals surface area contributed by atoms with Gasteiger partial charge < -0.3 is 14.4 Å². The van der Waals surface area contributed by atoms with Gasteiger partial charge in [0.25, 0.3) is 5.91 Å². The maximum atomic E-state index is 13.0. The van der Waals surface area contributed by atoms with Crippen LogP contribution in [0.2, 0.25) is 0 Å². The van der Waals surface area contributed by atoms with Crippen molar-refractivity contribution in [1.82, 2.24) is 4.90 Å². The molecule has 0 saturated carbocycles. The lowest BCUT2D eigenvalue weighted by molar-refractivity contribution is -0.127. The van der Waals surface area contributed by atoms with Gasteiger partial charge in [-0.2, -0.15) is 0 Å². The van der Waals surface area contributed by atoms with Gasteiger partial charge in [0.2, 0.25) is 5.78 Å². The lowest BCUT2D eigenvalue weighted by atomic mass is 10.1. The van der Waals surface area contributed by atoms with Crippen molar-refractivity contribution < 1.29 is 19.1 Å². The smallest absolute Gasteiger partial charge is 0.295 e. The number of methoxy groups -OCH3 is 2. The van der Waals surface area contributed by atoms with Crippen LogP contribution in [0.15, 0.2) is 78.9 Å². The summed E-state index contributed by atoms with van der Waals surface area (Å²) < 4.78 is 10.4. The molecule has 5 heteroatoms. The van der Waals surface area contributed by atoms with E-state index in [4.69, 9.17) is 9.47 Å². The summed E-state index contributed by atoms with van der Waals surface area (Å²) in [5.74, 6) is 0.416. The zero-order valence-electron chi connectivity index (χ0n) is 16.5. The molecule has 0 unspecified atom stereocenters. The number of Topliss-reactive ketones (excluding diaryl/α,β-unsaturated/α-hetero) is 1. The van der Waals surface area contributed by atoms with Crippen molar-refractivity contribution in [1.29, 1.82) is 0 Å². The summed E-state index contributed by atoms with van der Waals surface area (Å²) in [7, 11) is 3.21. The van der Waals surface area contributed by atoms with E-state index in [1.807, 2.05) is 54.6 Å². The molecule has 3 aromatic carbocycles. The Morgan fingerprint density at radius 1 is 0.690 bits per heavy atom. The minimum Gasteiger partial charge on any atom is -0.497 e. The first-order chi connectivity index (χ1) is 14.1. The van der Waals surface area contributed by atoms with E-state index in [0.717, 1.165) is 22.6 Å². The molecule has 5 nitrogen and oxygen atoms in total. The fourth-order valence-corrected chi connectivity index (χ4v) is 2.96. The van der Waals surface area contributed by atoms with E-state index in [0.29, 0.717) is 18.7 Å². The number of benzene rings is 3. The van der Waals surface area contributed by atoms with Gasteiger partial charge in [-0.3, -0.25) is 9.59 Å². The zero-order valence-corrected chi connectivity index (χ0v) is 16.5. The number of nitrogens with zero attached hydrogens (tertiary/aromatic N) is 1. The minimum atomic E-state index is -0.539. The first-order valence-electron chi connectivity index (χ1n) is 9.25. The van der Waals surface area contributed by atoms with E-state index in [9.17, 15) is 9.59 Å². The van der Waals surface area contributed by atoms with E-state index in [2.05, 4.69) is 0 Å². The predicted molar refractivity (Wildman–Crippen MR) is 111 cm³/mol. The van der Waals surface area contributed by atoms with Crippen molar-refractivity contribution in [2.75, 3.05) is 14.2 Å². The Kier molecular flexibility index (Phi) is 6.63. The SMILES string of the molecule is COc1ccc(CN(Cc2ccc(OC)cc2)C(=O)C(=O)c2ccccc2)cc1. The van der Waals surface area contributed by atoms with Gasteiger partial charge in [0.05, 0.1) is 14.2 Å². The highest BCUT2D eigenvalue weighted by Gasteiger charge is 2.23. The molecule has 0 aliphatic rings. The lowest BCUT2D eigenvalue weighted by Crippen LogP contribution is -2.35. The lowest BCUT2D eigenvalue weighted by Gasteiger charge is -2.22. The molecule has 1 amide bonds. The van der Waals surface area contributed by atoms with Crippen LogP contribution in [0.3, 0.4) is 0 Å². The maximum Gasteiger partial charge on any atom is 0.295 e. The summed E-state index contributed by atoms with van der Waals surface area (Å²) >= 11 is 0. The van der Waals surface area contributed by atoms with Gasteiger partial charge in [-0.25, -0.2) is 0 Å². The third-order valence-electron chi connectivity index (χ3n) is 4.58. The molecule has 3 aromatic rings. The Labute approximate surface area is 170 Å². The highest BCUT2D eigenvalue weighted by molar-refractivity contribution is 6.42. The minimum absolute atomic E-state index is 0.313. The second-order valence-corrected chi connectivity index (χ2v) is 6.55. The number of hydrogen-bond donors (Lipinski definition) is 0. The van der Waals surface area contributed by atoms with E-state index in [-0.39, 0.29) is 0 Å². The Bertz CT molecular complexity index is 901. The van der Waals surface area contributed by atoms with Gasteiger partial charge in [0, 0.05) is 18.7 Å². The molecule has 0 fully saturated rings. The summed E-state index contributed by atoms with van der Waals surface area (Å²) in [5, 5.41) is 0. The number of carbonyl (C=O) groups is 2. The van der Waals surface area contributed by atoms with Gasteiger partial charge in [0.15, 0.2) is 0 Å². The Hall–Kier alpha value is -3.60. The third kappa shape index (κ3) is 5.23. The molecule has 0 spiro atoms. The second-order valence-electron chi connectivity index (χ2n) is 6.55. The molecule has 0 aliphatic carbocycles. The Morgan fingerprint density at radius 3 is 1.55 bits per heavy atom. The van der Waals surface area contributed by atoms with Crippen LogP contribution in [-0.4, -0.2) is 30.8 Å². The van der Waals surface area contributed by atoms with Gasteiger partial charge >= 0.3 is 0 Å². The summed E-state index contributed by atoms with van der Waals surface area (Å²) in [5.41, 5.74) is 2.20. The standard InChI is InChI=1S/C24H23NO4/c1-28-21-12-8-18(9-13-21)16-25(17-19-10-14-22(29-2)15-11-19)24(27)23(26)20-6-4-3-5-7-20/h3-15H,16-17H2,1-2H3. The number of carbonyl (C=O) groups excluding carboxylic acids is 2. The number of ketones is 1. The van der Waals surface area contributed by atoms with E-state index >= 15 is 0 Å². The Balaban J connectivity index is 1.84. The number of ether oxygens (including phenoxy) is 2. The van der Waals surface area contributed by atoms with E-state index in [1.165, 1.54) is 0 Å². The van der Waals surface area contributed by atoms with Crippen molar-refractivity contribution in [2.45, 2.75) is 13.1 Å². The third-order valence-corrected chi connectivity index (χ3v) is 4.58. The van der Waals surface area contributed by atoms with Crippen LogP contribution < -0.4 is 9.47 Å². The average Bonchev–Trinajstić information content (AvgIpc) is 2.79. The summed E-state index contributed by atoms with van der Waals surface area (Å²) in [6, 6.07) is 23.5. The maximum absolute atomic E-state index is 13.0. The Morgan fingerprint density at radius 2 is 1.14 bits per heavy atom. The molecule has 0 saturated heterocycles. The van der Waals surface area contributed by atoms with Crippen LogP contribution in [0.5, 0.6) is 11.5 Å². The van der Waals surface area contributed by atoms with E-state index in [1.54, 1.807) is 43.4 Å². The van der Waals surface area contributed by atoms with Crippen LogP contribution in [0.25, 0.3) is 0 Å². The van der Waals surface area contributed by atoms with Crippen molar-refractivity contribution in [3.63, 3.8) is 0 Å². The van der Waals surface area contributed by atoms with Crippen LogP contribution in [0.1, 0.15) is 21.5 Å². The van der Waals surface area contributed by atoms with Crippen LogP contribution in [-0.2, 0) is 17.9 Å². The molecule has 3 rings (SSSR count). The molecule has 0 N–H and O–H groups in total. The van der Waals surface area contributed by atoms with Crippen molar-refractivity contribution in [3.05, 3.63) is 95.6 Å². The molecular weight excluding hydrogens is 366 g/mol. The van der Waals surface area contributed by atoms with Crippen molar-refractivity contribution >= 4 is 11.7 Å². The molecular formula is C24H23NO4. The molecule has 148 valence electrons. The van der Waals surface area contributed by atoms with Crippen LogP contribution in [0.4, 0.5) is 0 Å². The number of amides is 1. The quantitative estimate of drug-likeness (QED) is 0.430. The van der Waals surface area contributed by atoms with Crippen molar-refractivity contribution in [3.8, 4) is 11.5 Å². The molecule has 0 radical (unpaired) electrons. The topological polar surface area (TPSA) is 55.8 Å².